The van der Waals surface area contributed by atoms with E-state index < -0.39 is 0 Å². The molecule has 4 nitrogen and oxygen atoms in total. The second-order valence-electron chi connectivity index (χ2n) is 6.97. The van der Waals surface area contributed by atoms with E-state index in [2.05, 4.69) is 0 Å². The van der Waals surface area contributed by atoms with Gasteiger partial charge in [-0.2, -0.15) is 0 Å². The first-order chi connectivity index (χ1) is 12.6. The average Bonchev–Trinajstić information content (AvgIpc) is 3.49. The molecule has 0 bridgehead atoms. The molecule has 0 atom stereocenters. The van der Waals surface area contributed by atoms with Gasteiger partial charge in [0, 0.05) is 19.2 Å². The van der Waals surface area contributed by atoms with E-state index in [0.717, 1.165) is 36.0 Å². The Bertz CT molecular complexity index is 722. The van der Waals surface area contributed by atoms with E-state index in [4.69, 9.17) is 9.47 Å². The normalized spacial score (nSPS) is 13.3. The number of rotatable bonds is 9. The van der Waals surface area contributed by atoms with Crippen molar-refractivity contribution >= 4 is 5.91 Å². The molecule has 1 saturated carbocycles. The summed E-state index contributed by atoms with van der Waals surface area (Å²) in [5.41, 5.74) is 1.81. The lowest BCUT2D eigenvalue weighted by Crippen LogP contribution is -2.28. The minimum Gasteiger partial charge on any atom is -0.493 e. The van der Waals surface area contributed by atoms with Gasteiger partial charge >= 0.3 is 0 Å². The Hall–Kier alpha value is -2.49. The number of hydrogen-bond acceptors (Lipinski definition) is 3. The predicted molar refractivity (Wildman–Crippen MR) is 103 cm³/mol. The molecule has 1 fully saturated rings. The molecule has 2 aromatic rings. The summed E-state index contributed by atoms with van der Waals surface area (Å²) in [5, 5.41) is 0. The van der Waals surface area contributed by atoms with E-state index in [1.54, 1.807) is 4.90 Å². The van der Waals surface area contributed by atoms with Crippen molar-refractivity contribution in [3.63, 3.8) is 0 Å². The first-order valence-corrected chi connectivity index (χ1v) is 9.30. The molecular formula is C22H27NO3. The minimum atomic E-state index is 0.0228. The van der Waals surface area contributed by atoms with Crippen LogP contribution >= 0.6 is 0 Å². The molecule has 0 heterocycles. The standard InChI is InChI=1S/C22H27NO3/c1-17-6-3-4-7-21(17)25-15-5-14-23(2)22(24)19-10-12-20(13-11-19)26-16-18-8-9-18/h3-4,6-7,10-13,18H,5,8-9,14-16H2,1-2H3. The van der Waals surface area contributed by atoms with Crippen LogP contribution in [0.25, 0.3) is 0 Å². The average molecular weight is 353 g/mol. The van der Waals surface area contributed by atoms with Crippen molar-refractivity contribution in [3.8, 4) is 11.5 Å². The maximum atomic E-state index is 12.5. The molecule has 0 aromatic heterocycles. The lowest BCUT2D eigenvalue weighted by molar-refractivity contribution is 0.0787. The van der Waals surface area contributed by atoms with E-state index in [9.17, 15) is 4.79 Å². The summed E-state index contributed by atoms with van der Waals surface area (Å²) >= 11 is 0. The third kappa shape index (κ3) is 5.25. The number of carbonyl (C=O) groups is 1. The number of amides is 1. The van der Waals surface area contributed by atoms with Gasteiger partial charge in [-0.25, -0.2) is 0 Å². The predicted octanol–water partition coefficient (Wildman–Crippen LogP) is 4.32. The molecule has 4 heteroatoms. The maximum Gasteiger partial charge on any atom is 0.253 e. The van der Waals surface area contributed by atoms with E-state index in [1.165, 1.54) is 12.8 Å². The summed E-state index contributed by atoms with van der Waals surface area (Å²) in [6, 6.07) is 15.4. The van der Waals surface area contributed by atoms with Gasteiger partial charge in [-0.3, -0.25) is 4.79 Å². The first-order valence-electron chi connectivity index (χ1n) is 9.30. The molecule has 0 N–H and O–H groups in total. The van der Waals surface area contributed by atoms with Gasteiger partial charge < -0.3 is 14.4 Å². The van der Waals surface area contributed by atoms with Crippen LogP contribution in [0.2, 0.25) is 0 Å². The summed E-state index contributed by atoms with van der Waals surface area (Å²) in [6.45, 7) is 4.07. The van der Waals surface area contributed by atoms with Gasteiger partial charge in [-0.05, 0) is 68.0 Å². The Labute approximate surface area is 155 Å². The number of carbonyl (C=O) groups excluding carboxylic acids is 1. The van der Waals surface area contributed by atoms with Gasteiger partial charge in [-0.15, -0.1) is 0 Å². The molecule has 138 valence electrons. The Morgan fingerprint density at radius 1 is 1.08 bits per heavy atom. The van der Waals surface area contributed by atoms with Crippen LogP contribution in [0.5, 0.6) is 11.5 Å². The SMILES string of the molecule is Cc1ccccc1OCCCN(C)C(=O)c1ccc(OCC2CC2)cc1. The Morgan fingerprint density at radius 2 is 1.81 bits per heavy atom. The fourth-order valence-corrected chi connectivity index (χ4v) is 2.72. The van der Waals surface area contributed by atoms with Crippen molar-refractivity contribution in [2.24, 2.45) is 5.92 Å². The van der Waals surface area contributed by atoms with Gasteiger partial charge in [0.05, 0.1) is 13.2 Å². The molecule has 0 spiro atoms. The van der Waals surface area contributed by atoms with E-state index in [0.29, 0.717) is 18.7 Å². The minimum absolute atomic E-state index is 0.0228. The third-order valence-corrected chi connectivity index (χ3v) is 4.62. The van der Waals surface area contributed by atoms with Crippen LogP contribution in [0, 0.1) is 12.8 Å². The van der Waals surface area contributed by atoms with E-state index in [1.807, 2.05) is 62.5 Å². The number of para-hydroxylation sites is 1. The summed E-state index contributed by atoms with van der Waals surface area (Å²) in [4.78, 5) is 14.2. The van der Waals surface area contributed by atoms with Crippen LogP contribution in [-0.4, -0.2) is 37.6 Å². The van der Waals surface area contributed by atoms with Gasteiger partial charge in [-0.1, -0.05) is 18.2 Å². The van der Waals surface area contributed by atoms with Crippen molar-refractivity contribution in [1.82, 2.24) is 4.90 Å². The van der Waals surface area contributed by atoms with Gasteiger partial charge in [0.15, 0.2) is 0 Å². The first kappa shape index (κ1) is 18.3. The quantitative estimate of drug-likeness (QED) is 0.630. The summed E-state index contributed by atoms with van der Waals surface area (Å²) in [6.07, 6.45) is 3.34. The zero-order chi connectivity index (χ0) is 18.4. The Balaban J connectivity index is 1.41. The zero-order valence-electron chi connectivity index (χ0n) is 15.6. The van der Waals surface area contributed by atoms with Crippen LogP contribution in [0.1, 0.15) is 35.2 Å². The third-order valence-electron chi connectivity index (χ3n) is 4.62. The molecular weight excluding hydrogens is 326 g/mol. The highest BCUT2D eigenvalue weighted by Crippen LogP contribution is 2.29. The van der Waals surface area contributed by atoms with Crippen molar-refractivity contribution < 1.29 is 14.3 Å². The van der Waals surface area contributed by atoms with Crippen LogP contribution in [0.15, 0.2) is 48.5 Å². The fraction of sp³-hybridized carbons (Fsp3) is 0.409. The summed E-state index contributed by atoms with van der Waals surface area (Å²) in [5.74, 6) is 2.49. The van der Waals surface area contributed by atoms with Crippen LogP contribution in [-0.2, 0) is 0 Å². The zero-order valence-corrected chi connectivity index (χ0v) is 15.6. The smallest absolute Gasteiger partial charge is 0.253 e. The van der Waals surface area contributed by atoms with E-state index >= 15 is 0 Å². The molecule has 1 aliphatic rings. The second-order valence-corrected chi connectivity index (χ2v) is 6.97. The summed E-state index contributed by atoms with van der Waals surface area (Å²) in [7, 11) is 1.83. The van der Waals surface area contributed by atoms with E-state index in [-0.39, 0.29) is 5.91 Å². The highest BCUT2D eigenvalue weighted by atomic mass is 16.5. The van der Waals surface area contributed by atoms with Crippen molar-refractivity contribution in [2.75, 3.05) is 26.8 Å². The largest absolute Gasteiger partial charge is 0.493 e. The van der Waals surface area contributed by atoms with Crippen LogP contribution in [0.3, 0.4) is 0 Å². The fourth-order valence-electron chi connectivity index (χ4n) is 2.72. The number of benzene rings is 2. The molecule has 0 radical (unpaired) electrons. The Morgan fingerprint density at radius 3 is 2.50 bits per heavy atom. The second kappa shape index (κ2) is 8.75. The van der Waals surface area contributed by atoms with Crippen molar-refractivity contribution in [3.05, 3.63) is 59.7 Å². The lowest BCUT2D eigenvalue weighted by atomic mass is 10.2. The van der Waals surface area contributed by atoms with Crippen molar-refractivity contribution in [2.45, 2.75) is 26.2 Å². The lowest BCUT2D eigenvalue weighted by Gasteiger charge is -2.18. The molecule has 2 aromatic carbocycles. The number of aryl methyl sites for hydroxylation is 1. The number of ether oxygens (including phenoxy) is 2. The van der Waals surface area contributed by atoms with Gasteiger partial charge in [0.1, 0.15) is 11.5 Å². The number of nitrogens with zero attached hydrogens (tertiary/aromatic N) is 1. The summed E-state index contributed by atoms with van der Waals surface area (Å²) < 4.78 is 11.5. The monoisotopic (exact) mass is 353 g/mol. The highest BCUT2D eigenvalue weighted by molar-refractivity contribution is 5.94. The van der Waals surface area contributed by atoms with Gasteiger partial charge in [0.25, 0.3) is 5.91 Å². The molecule has 1 aliphatic carbocycles. The molecule has 3 rings (SSSR count). The van der Waals surface area contributed by atoms with Gasteiger partial charge in [0.2, 0.25) is 0 Å². The van der Waals surface area contributed by atoms with Crippen LogP contribution in [0.4, 0.5) is 0 Å². The highest BCUT2D eigenvalue weighted by Gasteiger charge is 2.21. The molecule has 1 amide bonds. The van der Waals surface area contributed by atoms with Crippen molar-refractivity contribution in [1.29, 1.82) is 0 Å². The Kier molecular flexibility index (Phi) is 6.16. The molecule has 0 saturated heterocycles. The molecule has 0 unspecified atom stereocenters. The topological polar surface area (TPSA) is 38.8 Å². The maximum absolute atomic E-state index is 12.5. The molecule has 26 heavy (non-hydrogen) atoms. The molecule has 0 aliphatic heterocycles. The number of hydrogen-bond donors (Lipinski definition) is 0. The van der Waals surface area contributed by atoms with Crippen LogP contribution < -0.4 is 9.47 Å².